The number of thiocarbonyl (C=S) groups is 1. The second kappa shape index (κ2) is 8.44. The normalized spacial score (nSPS) is 10.8. The molecule has 2 aromatic heterocycles. The van der Waals surface area contributed by atoms with Crippen LogP contribution in [0, 0.1) is 6.92 Å². The molecule has 0 fully saturated rings. The second-order valence-electron chi connectivity index (χ2n) is 6.53. The summed E-state index contributed by atoms with van der Waals surface area (Å²) < 4.78 is 5.65. The van der Waals surface area contributed by atoms with E-state index in [-0.39, 0.29) is 10.9 Å². The van der Waals surface area contributed by atoms with Crippen molar-refractivity contribution in [1.29, 1.82) is 0 Å². The van der Waals surface area contributed by atoms with Crippen molar-refractivity contribution in [3.63, 3.8) is 0 Å². The molecule has 4 rings (SSSR count). The van der Waals surface area contributed by atoms with Crippen LogP contribution in [0.3, 0.4) is 0 Å². The van der Waals surface area contributed by atoms with Crippen molar-refractivity contribution in [2.24, 2.45) is 0 Å². The summed E-state index contributed by atoms with van der Waals surface area (Å²) in [6.07, 6.45) is 0. The highest BCUT2D eigenvalue weighted by atomic mass is 35.5. The van der Waals surface area contributed by atoms with Crippen LogP contribution in [0.2, 0.25) is 10.0 Å². The van der Waals surface area contributed by atoms with Crippen LogP contribution in [-0.4, -0.2) is 16.0 Å². The lowest BCUT2D eigenvalue weighted by Crippen LogP contribution is -2.33. The Hall–Kier alpha value is -2.93. The van der Waals surface area contributed by atoms with Crippen molar-refractivity contribution >= 4 is 63.0 Å². The third kappa shape index (κ3) is 4.31. The third-order valence-electron chi connectivity index (χ3n) is 4.38. The molecule has 30 heavy (non-hydrogen) atoms. The lowest BCUT2D eigenvalue weighted by molar-refractivity contribution is 0.0951. The van der Waals surface area contributed by atoms with E-state index in [1.807, 2.05) is 37.3 Å². The number of aryl methyl sites for hydroxylation is 1. The predicted octanol–water partition coefficient (Wildman–Crippen LogP) is 6.24. The third-order valence-corrected chi connectivity index (χ3v) is 5.32. The molecule has 0 unspecified atom stereocenters. The Bertz CT molecular complexity index is 1290. The molecule has 2 N–H and O–H groups in total. The van der Waals surface area contributed by atoms with Gasteiger partial charge < -0.3 is 9.73 Å². The predicted molar refractivity (Wildman–Crippen MR) is 124 cm³/mol. The fraction of sp³-hybridized carbons (Fsp3) is 0.0455. The number of carbonyl (C=O) groups excluding carboxylic acids is 1. The van der Waals surface area contributed by atoms with Gasteiger partial charge in [0, 0.05) is 22.3 Å². The van der Waals surface area contributed by atoms with Crippen LogP contribution in [0.1, 0.15) is 16.2 Å². The number of halogens is 2. The van der Waals surface area contributed by atoms with E-state index in [0.717, 1.165) is 22.3 Å². The summed E-state index contributed by atoms with van der Waals surface area (Å²) in [4.78, 5) is 17.0. The minimum Gasteiger partial charge on any atom is -0.451 e. The zero-order valence-electron chi connectivity index (χ0n) is 15.7. The number of hydrogen-bond acceptors (Lipinski definition) is 4. The summed E-state index contributed by atoms with van der Waals surface area (Å²) in [5.74, 6) is 0.150. The maximum atomic E-state index is 12.5. The molecule has 0 aliphatic rings. The monoisotopic (exact) mass is 455 g/mol. The van der Waals surface area contributed by atoms with E-state index in [0.29, 0.717) is 21.4 Å². The number of anilines is 1. The number of carbonyl (C=O) groups is 1. The van der Waals surface area contributed by atoms with Gasteiger partial charge in [-0.15, -0.1) is 0 Å². The zero-order valence-corrected chi connectivity index (χ0v) is 18.0. The molecule has 0 spiro atoms. The first-order valence-corrected chi connectivity index (χ1v) is 10.1. The average Bonchev–Trinajstić information content (AvgIpc) is 3.20. The fourth-order valence-electron chi connectivity index (χ4n) is 2.95. The molecule has 150 valence electrons. The van der Waals surface area contributed by atoms with Gasteiger partial charge in [-0.3, -0.25) is 15.1 Å². The summed E-state index contributed by atoms with van der Waals surface area (Å²) in [5.41, 5.74) is 3.22. The Morgan fingerprint density at radius 3 is 2.67 bits per heavy atom. The van der Waals surface area contributed by atoms with Crippen LogP contribution >= 0.6 is 35.4 Å². The van der Waals surface area contributed by atoms with Gasteiger partial charge in [0.1, 0.15) is 5.76 Å². The second-order valence-corrected chi connectivity index (χ2v) is 7.75. The Morgan fingerprint density at radius 1 is 1.03 bits per heavy atom. The lowest BCUT2D eigenvalue weighted by Gasteiger charge is -2.11. The summed E-state index contributed by atoms with van der Waals surface area (Å²) in [6, 6.07) is 17.9. The number of nitrogens with one attached hydrogen (secondary N) is 2. The van der Waals surface area contributed by atoms with Crippen LogP contribution in [0.4, 0.5) is 5.69 Å². The molecule has 5 nitrogen and oxygen atoms in total. The summed E-state index contributed by atoms with van der Waals surface area (Å²) >= 11 is 17.3. The standard InChI is InChI=1S/C22H15Cl2N3O2S/c1-12-5-7-14-17(25-12)3-2-4-18(14)26-22(30)27-21(28)20-10-9-19(29-20)13-6-8-15(23)16(24)11-13/h2-11H,1H3,(H2,26,27,28,30). The quantitative estimate of drug-likeness (QED) is 0.358. The molecule has 0 saturated heterocycles. The number of benzene rings is 2. The number of pyridine rings is 1. The van der Waals surface area contributed by atoms with Crippen LogP contribution in [-0.2, 0) is 0 Å². The molecule has 0 aliphatic carbocycles. The summed E-state index contributed by atoms with van der Waals surface area (Å²) in [7, 11) is 0. The molecule has 2 aromatic carbocycles. The number of aromatic nitrogens is 1. The number of rotatable bonds is 3. The van der Waals surface area contributed by atoms with Crippen molar-refractivity contribution in [3.05, 3.63) is 82.2 Å². The SMILES string of the molecule is Cc1ccc2c(NC(=S)NC(=O)c3ccc(-c4ccc(Cl)c(Cl)c4)o3)cccc2n1. The summed E-state index contributed by atoms with van der Waals surface area (Å²) in [6.45, 7) is 1.93. The largest absolute Gasteiger partial charge is 0.451 e. The highest BCUT2D eigenvalue weighted by Crippen LogP contribution is 2.29. The van der Waals surface area contributed by atoms with Crippen molar-refractivity contribution in [2.75, 3.05) is 5.32 Å². The van der Waals surface area contributed by atoms with Gasteiger partial charge in [-0.25, -0.2) is 0 Å². The van der Waals surface area contributed by atoms with E-state index < -0.39 is 5.91 Å². The minimum atomic E-state index is -0.465. The molecule has 8 heteroatoms. The van der Waals surface area contributed by atoms with E-state index in [9.17, 15) is 4.79 Å². The van der Waals surface area contributed by atoms with Crippen LogP contribution in [0.25, 0.3) is 22.2 Å². The lowest BCUT2D eigenvalue weighted by atomic mass is 10.1. The van der Waals surface area contributed by atoms with Gasteiger partial charge in [-0.1, -0.05) is 29.3 Å². The Labute approximate surface area is 188 Å². The van der Waals surface area contributed by atoms with Crippen LogP contribution in [0.15, 0.2) is 65.1 Å². The molecule has 2 heterocycles. The maximum Gasteiger partial charge on any atom is 0.293 e. The van der Waals surface area contributed by atoms with Gasteiger partial charge in [0.25, 0.3) is 5.91 Å². The van der Waals surface area contributed by atoms with Gasteiger partial charge in [-0.2, -0.15) is 0 Å². The number of amides is 1. The van der Waals surface area contributed by atoms with Crippen molar-refractivity contribution in [2.45, 2.75) is 6.92 Å². The molecule has 0 atom stereocenters. The molecular formula is C22H15Cl2N3O2S. The first-order chi connectivity index (χ1) is 14.4. The number of nitrogens with zero attached hydrogens (tertiary/aromatic N) is 1. The van der Waals surface area contributed by atoms with E-state index in [1.165, 1.54) is 0 Å². The van der Waals surface area contributed by atoms with Crippen molar-refractivity contribution in [3.8, 4) is 11.3 Å². The molecule has 1 amide bonds. The van der Waals surface area contributed by atoms with E-state index >= 15 is 0 Å². The Balaban J connectivity index is 1.47. The average molecular weight is 456 g/mol. The van der Waals surface area contributed by atoms with Crippen LogP contribution in [0.5, 0.6) is 0 Å². The Morgan fingerprint density at radius 2 is 1.87 bits per heavy atom. The molecule has 0 radical (unpaired) electrons. The van der Waals surface area contributed by atoms with E-state index in [2.05, 4.69) is 15.6 Å². The first kappa shape index (κ1) is 20.3. The maximum absolute atomic E-state index is 12.5. The number of hydrogen-bond donors (Lipinski definition) is 2. The highest BCUT2D eigenvalue weighted by Gasteiger charge is 2.15. The number of fused-ring (bicyclic) bond motifs is 1. The molecule has 0 aliphatic heterocycles. The topological polar surface area (TPSA) is 67.2 Å². The number of furan rings is 1. The van der Waals surface area contributed by atoms with Crippen molar-refractivity contribution < 1.29 is 9.21 Å². The molecular weight excluding hydrogens is 441 g/mol. The van der Waals surface area contributed by atoms with Crippen LogP contribution < -0.4 is 10.6 Å². The first-order valence-electron chi connectivity index (χ1n) is 8.95. The zero-order chi connectivity index (χ0) is 21.3. The van der Waals surface area contributed by atoms with Gasteiger partial charge >= 0.3 is 0 Å². The highest BCUT2D eigenvalue weighted by molar-refractivity contribution is 7.80. The molecule has 0 bridgehead atoms. The van der Waals surface area contributed by atoms with Gasteiger partial charge in [0.05, 0.1) is 15.6 Å². The van der Waals surface area contributed by atoms with E-state index in [1.54, 1.807) is 30.3 Å². The molecule has 4 aromatic rings. The molecule has 0 saturated carbocycles. The Kier molecular flexibility index (Phi) is 5.72. The minimum absolute atomic E-state index is 0.121. The van der Waals surface area contributed by atoms with Gasteiger partial charge in [-0.05, 0) is 73.7 Å². The van der Waals surface area contributed by atoms with Gasteiger partial charge in [0.2, 0.25) is 0 Å². The van der Waals surface area contributed by atoms with Gasteiger partial charge in [0.15, 0.2) is 10.9 Å². The summed E-state index contributed by atoms with van der Waals surface area (Å²) in [5, 5.41) is 7.57. The van der Waals surface area contributed by atoms with E-state index in [4.69, 9.17) is 39.8 Å². The van der Waals surface area contributed by atoms with Crippen molar-refractivity contribution in [1.82, 2.24) is 10.3 Å². The fourth-order valence-corrected chi connectivity index (χ4v) is 3.45. The smallest absolute Gasteiger partial charge is 0.293 e.